The van der Waals surface area contributed by atoms with Gasteiger partial charge >= 0.3 is 0 Å². The van der Waals surface area contributed by atoms with Crippen LogP contribution >= 0.6 is 35.0 Å². The lowest BCUT2D eigenvalue weighted by atomic mass is 10.3. The number of benzene rings is 2. The van der Waals surface area contributed by atoms with Crippen LogP contribution in [0.4, 0.5) is 5.69 Å². The lowest BCUT2D eigenvalue weighted by Crippen LogP contribution is -2.14. The van der Waals surface area contributed by atoms with Gasteiger partial charge in [0.05, 0.1) is 22.2 Å². The maximum Gasteiger partial charge on any atom is 0.234 e. The number of thioether (sulfide) groups is 1. The molecule has 0 saturated carbocycles. The summed E-state index contributed by atoms with van der Waals surface area (Å²) in [6.07, 6.45) is 0. The molecule has 0 fully saturated rings. The van der Waals surface area contributed by atoms with E-state index in [2.05, 4.69) is 20.8 Å². The predicted octanol–water partition coefficient (Wildman–Crippen LogP) is 3.70. The summed E-state index contributed by atoms with van der Waals surface area (Å²) in [4.78, 5) is 12.1. The van der Waals surface area contributed by atoms with Crippen LogP contribution in [0.3, 0.4) is 0 Å². The van der Waals surface area contributed by atoms with Gasteiger partial charge in [-0.2, -0.15) is 4.68 Å². The van der Waals surface area contributed by atoms with Crippen LogP contribution in [0.2, 0.25) is 10.0 Å². The molecule has 3 aromatic rings. The van der Waals surface area contributed by atoms with Crippen molar-refractivity contribution in [2.75, 3.05) is 11.1 Å². The van der Waals surface area contributed by atoms with Crippen LogP contribution in [0, 0.1) is 0 Å². The number of carbonyl (C=O) groups excluding carboxylic acids is 1. The quantitative estimate of drug-likeness (QED) is 0.684. The summed E-state index contributed by atoms with van der Waals surface area (Å²) in [5.74, 6) is -0.0436. The second-order valence-corrected chi connectivity index (χ2v) is 6.45. The zero-order valence-corrected chi connectivity index (χ0v) is 14.5. The van der Waals surface area contributed by atoms with Crippen LogP contribution in [0.15, 0.2) is 53.7 Å². The van der Waals surface area contributed by atoms with Crippen molar-refractivity contribution in [3.63, 3.8) is 0 Å². The Morgan fingerprint density at radius 2 is 1.88 bits per heavy atom. The van der Waals surface area contributed by atoms with E-state index in [0.717, 1.165) is 5.69 Å². The molecule has 1 amide bonds. The van der Waals surface area contributed by atoms with E-state index in [1.54, 1.807) is 53.2 Å². The van der Waals surface area contributed by atoms with Crippen molar-refractivity contribution < 1.29 is 4.79 Å². The second kappa shape index (κ2) is 7.65. The highest BCUT2D eigenvalue weighted by Crippen LogP contribution is 2.22. The van der Waals surface area contributed by atoms with Crippen molar-refractivity contribution in [1.82, 2.24) is 20.2 Å². The molecule has 0 saturated heterocycles. The highest BCUT2D eigenvalue weighted by Gasteiger charge is 2.12. The largest absolute Gasteiger partial charge is 0.324 e. The average molecular weight is 380 g/mol. The highest BCUT2D eigenvalue weighted by molar-refractivity contribution is 7.99. The number of rotatable bonds is 5. The van der Waals surface area contributed by atoms with E-state index in [4.69, 9.17) is 23.2 Å². The van der Waals surface area contributed by atoms with Crippen LogP contribution in [0.1, 0.15) is 0 Å². The SMILES string of the molecule is O=C(CSc1nnnn1-c1ccc(Cl)cc1)Nc1ccccc1Cl. The number of halogens is 2. The van der Waals surface area contributed by atoms with E-state index >= 15 is 0 Å². The standard InChI is InChI=1S/C15H11Cl2N5OS/c16-10-5-7-11(8-6-10)22-15(19-20-21-22)24-9-14(23)18-13-4-2-1-3-12(13)17/h1-8H,9H2,(H,18,23). The summed E-state index contributed by atoms with van der Waals surface area (Å²) < 4.78 is 1.55. The fourth-order valence-corrected chi connectivity index (χ4v) is 2.89. The van der Waals surface area contributed by atoms with Crippen molar-refractivity contribution in [3.8, 4) is 5.69 Å². The minimum atomic E-state index is -0.196. The van der Waals surface area contributed by atoms with Crippen molar-refractivity contribution >= 4 is 46.6 Å². The van der Waals surface area contributed by atoms with Crippen LogP contribution in [-0.2, 0) is 4.79 Å². The van der Waals surface area contributed by atoms with Crippen molar-refractivity contribution in [1.29, 1.82) is 0 Å². The van der Waals surface area contributed by atoms with Crippen molar-refractivity contribution in [3.05, 3.63) is 58.6 Å². The van der Waals surface area contributed by atoms with E-state index in [9.17, 15) is 4.79 Å². The smallest absolute Gasteiger partial charge is 0.234 e. The first-order valence-electron chi connectivity index (χ1n) is 6.85. The molecule has 122 valence electrons. The number of hydrogen-bond donors (Lipinski definition) is 1. The first-order valence-corrected chi connectivity index (χ1v) is 8.59. The molecule has 0 unspecified atom stereocenters. The lowest BCUT2D eigenvalue weighted by Gasteiger charge is -2.07. The zero-order valence-electron chi connectivity index (χ0n) is 12.2. The average Bonchev–Trinajstić information content (AvgIpc) is 3.04. The second-order valence-electron chi connectivity index (χ2n) is 4.67. The Hall–Kier alpha value is -2.09. The molecule has 1 N–H and O–H groups in total. The van der Waals surface area contributed by atoms with Gasteiger partial charge in [-0.3, -0.25) is 4.79 Å². The molecule has 0 spiro atoms. The number of carbonyl (C=O) groups is 1. The topological polar surface area (TPSA) is 72.7 Å². The third-order valence-corrected chi connectivity index (χ3v) is 4.49. The van der Waals surface area contributed by atoms with Gasteiger partial charge in [0.2, 0.25) is 11.1 Å². The Kier molecular flexibility index (Phi) is 5.34. The van der Waals surface area contributed by atoms with Crippen LogP contribution in [-0.4, -0.2) is 31.9 Å². The molecule has 0 radical (unpaired) electrons. The molecule has 9 heteroatoms. The maximum atomic E-state index is 12.1. The maximum absolute atomic E-state index is 12.1. The first kappa shape index (κ1) is 16.8. The summed E-state index contributed by atoms with van der Waals surface area (Å²) in [6, 6.07) is 14.1. The summed E-state index contributed by atoms with van der Waals surface area (Å²) >= 11 is 13.1. The van der Waals surface area contributed by atoms with E-state index in [0.29, 0.717) is 20.9 Å². The van der Waals surface area contributed by atoms with Gasteiger partial charge in [0.15, 0.2) is 0 Å². The number of hydrogen-bond acceptors (Lipinski definition) is 5. The number of nitrogens with one attached hydrogen (secondary N) is 1. The molecular formula is C15H11Cl2N5OS. The molecule has 1 heterocycles. The number of amides is 1. The van der Waals surface area contributed by atoms with Gasteiger partial charge < -0.3 is 5.32 Å². The molecule has 6 nitrogen and oxygen atoms in total. The first-order chi connectivity index (χ1) is 11.6. The number of para-hydroxylation sites is 1. The van der Waals surface area contributed by atoms with Crippen LogP contribution in [0.5, 0.6) is 0 Å². The Morgan fingerprint density at radius 3 is 2.62 bits per heavy atom. The van der Waals surface area contributed by atoms with Gasteiger partial charge in [0.25, 0.3) is 0 Å². The number of anilines is 1. The summed E-state index contributed by atoms with van der Waals surface area (Å²) in [5.41, 5.74) is 1.33. The van der Waals surface area contributed by atoms with E-state index in [1.165, 1.54) is 11.8 Å². The molecule has 0 aliphatic carbocycles. The van der Waals surface area contributed by atoms with Gasteiger partial charge in [-0.15, -0.1) is 5.10 Å². The fourth-order valence-electron chi connectivity index (χ4n) is 1.89. The Bertz CT molecular complexity index is 853. The summed E-state index contributed by atoms with van der Waals surface area (Å²) in [5, 5.41) is 15.9. The summed E-state index contributed by atoms with van der Waals surface area (Å²) in [7, 11) is 0. The molecule has 0 aliphatic heterocycles. The normalized spacial score (nSPS) is 10.6. The predicted molar refractivity (Wildman–Crippen MR) is 95.0 cm³/mol. The molecule has 0 bridgehead atoms. The van der Waals surface area contributed by atoms with Crippen LogP contribution in [0.25, 0.3) is 5.69 Å². The molecule has 0 aliphatic rings. The van der Waals surface area contributed by atoms with Crippen molar-refractivity contribution in [2.24, 2.45) is 0 Å². The molecular weight excluding hydrogens is 369 g/mol. The Labute approximate surface area is 152 Å². The van der Waals surface area contributed by atoms with Gasteiger partial charge in [-0.25, -0.2) is 0 Å². The van der Waals surface area contributed by atoms with Gasteiger partial charge in [-0.05, 0) is 46.8 Å². The zero-order chi connectivity index (χ0) is 16.9. The third kappa shape index (κ3) is 4.05. The Morgan fingerprint density at radius 1 is 1.12 bits per heavy atom. The minimum Gasteiger partial charge on any atom is -0.324 e. The molecule has 2 aromatic carbocycles. The molecule has 1 aromatic heterocycles. The van der Waals surface area contributed by atoms with Gasteiger partial charge in [0, 0.05) is 5.02 Å². The number of nitrogens with zero attached hydrogens (tertiary/aromatic N) is 4. The molecule has 24 heavy (non-hydrogen) atoms. The lowest BCUT2D eigenvalue weighted by molar-refractivity contribution is -0.113. The molecule has 3 rings (SSSR count). The monoisotopic (exact) mass is 379 g/mol. The minimum absolute atomic E-state index is 0.152. The molecule has 0 atom stereocenters. The van der Waals surface area contributed by atoms with E-state index in [-0.39, 0.29) is 11.7 Å². The highest BCUT2D eigenvalue weighted by atomic mass is 35.5. The van der Waals surface area contributed by atoms with E-state index < -0.39 is 0 Å². The third-order valence-electron chi connectivity index (χ3n) is 2.99. The Balaban J connectivity index is 1.65. The number of tetrazole rings is 1. The summed E-state index contributed by atoms with van der Waals surface area (Å²) in [6.45, 7) is 0. The number of aromatic nitrogens is 4. The van der Waals surface area contributed by atoms with Crippen LogP contribution < -0.4 is 5.32 Å². The fraction of sp³-hybridized carbons (Fsp3) is 0.0667. The van der Waals surface area contributed by atoms with E-state index in [1.807, 2.05) is 0 Å². The van der Waals surface area contributed by atoms with Gasteiger partial charge in [0.1, 0.15) is 0 Å². The van der Waals surface area contributed by atoms with Gasteiger partial charge in [-0.1, -0.05) is 47.1 Å². The van der Waals surface area contributed by atoms with Crippen molar-refractivity contribution in [2.45, 2.75) is 5.16 Å².